The minimum absolute atomic E-state index is 0.186. The highest BCUT2D eigenvalue weighted by atomic mass is 16.8. The molecule has 436 valence electrons. The predicted molar refractivity (Wildman–Crippen MR) is 312 cm³/mol. The fourth-order valence-electron chi connectivity index (χ4n) is 9.61. The third kappa shape index (κ3) is 44.7. The molecule has 0 aromatic heterocycles. The molecule has 0 amide bonds. The number of unbranched alkanes of at least 4 members (excludes halogenated alkanes) is 33. The van der Waals surface area contributed by atoms with Crippen LogP contribution in [0.25, 0.3) is 0 Å². The van der Waals surface area contributed by atoms with E-state index >= 15 is 0 Å². The average molecular weight is 1060 g/mol. The first-order valence-corrected chi connectivity index (χ1v) is 31.7. The first-order valence-electron chi connectivity index (χ1n) is 31.7. The number of nitrogens with zero attached hydrogens (tertiary/aromatic N) is 1. The third-order valence-corrected chi connectivity index (χ3v) is 14.4. The maximum atomic E-state index is 13.5. The summed E-state index contributed by atoms with van der Waals surface area (Å²) in [5, 5.41) is 0. The molecule has 1 fully saturated rings. The van der Waals surface area contributed by atoms with Crippen molar-refractivity contribution in [3.63, 3.8) is 0 Å². The summed E-state index contributed by atoms with van der Waals surface area (Å²) in [6.45, 7) is 7.27. The molecule has 10 heteroatoms. The minimum atomic E-state index is -1.30. The predicted octanol–water partition coefficient (Wildman–Crippen LogP) is 18.1. The van der Waals surface area contributed by atoms with Crippen molar-refractivity contribution in [1.29, 1.82) is 0 Å². The second kappa shape index (κ2) is 53.0. The summed E-state index contributed by atoms with van der Waals surface area (Å²) in [6.07, 6.45) is 55.8. The summed E-state index contributed by atoms with van der Waals surface area (Å²) in [6, 6.07) is 0. The van der Waals surface area contributed by atoms with Crippen LogP contribution in [0.2, 0.25) is 0 Å². The molecule has 0 bridgehead atoms. The lowest BCUT2D eigenvalue weighted by Gasteiger charge is -2.24. The van der Waals surface area contributed by atoms with E-state index in [0.717, 1.165) is 103 Å². The van der Waals surface area contributed by atoms with Gasteiger partial charge in [-0.05, 0) is 123 Å². The van der Waals surface area contributed by atoms with Crippen LogP contribution in [0.1, 0.15) is 303 Å². The van der Waals surface area contributed by atoms with Crippen LogP contribution in [0, 0.1) is 0 Å². The number of hydrogen-bond acceptors (Lipinski definition) is 10. The molecule has 10 nitrogen and oxygen atoms in total. The Kier molecular flexibility index (Phi) is 49.5. The van der Waals surface area contributed by atoms with E-state index in [-0.39, 0.29) is 32.3 Å². The summed E-state index contributed by atoms with van der Waals surface area (Å²) in [4.78, 5) is 55.3. The number of carbonyl (C=O) groups excluding carboxylic acids is 4. The maximum absolute atomic E-state index is 13.5. The molecule has 0 saturated carbocycles. The number of carbonyl (C=O) groups is 4. The highest BCUT2D eigenvalue weighted by Gasteiger charge is 2.52. The lowest BCUT2D eigenvalue weighted by atomic mass is 10.1. The Morgan fingerprint density at radius 3 is 1.00 bits per heavy atom. The average Bonchev–Trinajstić information content (AvgIpc) is 3.69. The van der Waals surface area contributed by atoms with Gasteiger partial charge in [-0.1, -0.05) is 211 Å². The van der Waals surface area contributed by atoms with Crippen molar-refractivity contribution < 1.29 is 42.9 Å². The first kappa shape index (κ1) is 70.0. The van der Waals surface area contributed by atoms with Gasteiger partial charge in [-0.15, -0.1) is 0 Å². The van der Waals surface area contributed by atoms with E-state index in [9.17, 15) is 19.2 Å². The van der Waals surface area contributed by atoms with Crippen LogP contribution in [-0.2, 0) is 42.9 Å². The molecule has 1 saturated heterocycles. The molecule has 1 aliphatic rings. The number of ether oxygens (including phenoxy) is 5. The van der Waals surface area contributed by atoms with Gasteiger partial charge in [-0.25, -0.2) is 0 Å². The Hall–Kier alpha value is -2.98. The molecule has 0 aliphatic carbocycles. The quantitative estimate of drug-likeness (QED) is 0.0252. The minimum Gasteiger partial charge on any atom is -0.463 e. The largest absolute Gasteiger partial charge is 0.463 e. The lowest BCUT2D eigenvalue weighted by molar-refractivity contribution is -0.200. The Labute approximate surface area is 461 Å². The van der Waals surface area contributed by atoms with Gasteiger partial charge in [0.05, 0.1) is 0 Å². The number of allylic oxidation sites excluding steroid dienone is 6. The lowest BCUT2D eigenvalue weighted by Crippen LogP contribution is -2.42. The van der Waals surface area contributed by atoms with E-state index in [1.165, 1.54) is 135 Å². The highest BCUT2D eigenvalue weighted by Crippen LogP contribution is 2.30. The summed E-state index contributed by atoms with van der Waals surface area (Å²) in [5.41, 5.74) is 0. The second-order valence-corrected chi connectivity index (χ2v) is 22.0. The van der Waals surface area contributed by atoms with E-state index in [0.29, 0.717) is 25.7 Å². The third-order valence-electron chi connectivity index (χ3n) is 14.4. The van der Waals surface area contributed by atoms with Crippen LogP contribution in [-0.4, -0.2) is 80.6 Å². The van der Waals surface area contributed by atoms with Crippen LogP contribution in [0.5, 0.6) is 0 Å². The normalized spacial score (nSPS) is 16.8. The van der Waals surface area contributed by atoms with Crippen molar-refractivity contribution in [2.24, 2.45) is 0 Å². The van der Waals surface area contributed by atoms with Crippen molar-refractivity contribution in [1.82, 2.24) is 4.90 Å². The van der Waals surface area contributed by atoms with Gasteiger partial charge in [0, 0.05) is 25.7 Å². The molecule has 1 aliphatic heterocycles. The van der Waals surface area contributed by atoms with Crippen LogP contribution >= 0.6 is 0 Å². The van der Waals surface area contributed by atoms with Gasteiger partial charge in [-0.2, -0.15) is 0 Å². The van der Waals surface area contributed by atoms with Crippen molar-refractivity contribution in [2.45, 2.75) is 328 Å². The topological polar surface area (TPSA) is 118 Å². The molecule has 0 spiro atoms. The summed E-state index contributed by atoms with van der Waals surface area (Å²) < 4.78 is 30.0. The Bertz CT molecular complexity index is 1430. The number of esters is 4. The van der Waals surface area contributed by atoms with Gasteiger partial charge in [0.25, 0.3) is 0 Å². The molecule has 0 aromatic carbocycles. The molecule has 0 aromatic rings. The fraction of sp³-hybridized carbons (Fsp3) is 0.846. The van der Waals surface area contributed by atoms with Crippen LogP contribution in [0.4, 0.5) is 0 Å². The van der Waals surface area contributed by atoms with Gasteiger partial charge in [0.2, 0.25) is 12.4 Å². The van der Waals surface area contributed by atoms with E-state index < -0.39 is 48.5 Å². The summed E-state index contributed by atoms with van der Waals surface area (Å²) in [7, 11) is 3.90. The van der Waals surface area contributed by atoms with E-state index in [1.54, 1.807) is 0 Å². The molecule has 4 atom stereocenters. The summed E-state index contributed by atoms with van der Waals surface area (Å²) in [5.74, 6) is -1.77. The smallest absolute Gasteiger partial charge is 0.308 e. The summed E-state index contributed by atoms with van der Waals surface area (Å²) >= 11 is 0. The zero-order valence-electron chi connectivity index (χ0n) is 49.4. The van der Waals surface area contributed by atoms with E-state index in [1.807, 2.05) is 19.0 Å². The van der Waals surface area contributed by atoms with Gasteiger partial charge < -0.3 is 28.6 Å². The van der Waals surface area contributed by atoms with Gasteiger partial charge in [-0.3, -0.25) is 19.2 Å². The molecular weight excluding hydrogens is 939 g/mol. The zero-order valence-corrected chi connectivity index (χ0v) is 49.4. The van der Waals surface area contributed by atoms with Gasteiger partial charge in [0.1, 0.15) is 12.7 Å². The second-order valence-electron chi connectivity index (χ2n) is 22.0. The molecule has 75 heavy (non-hydrogen) atoms. The number of hydrogen-bond donors (Lipinski definition) is 0. The first-order chi connectivity index (χ1) is 36.7. The molecular formula is C65H117NO9. The maximum Gasteiger partial charge on any atom is 0.308 e. The van der Waals surface area contributed by atoms with Crippen LogP contribution in [0.15, 0.2) is 36.5 Å². The Balaban J connectivity index is 2.82. The highest BCUT2D eigenvalue weighted by molar-refractivity contribution is 5.72. The molecule has 0 N–H and O–H groups in total. The van der Waals surface area contributed by atoms with Crippen molar-refractivity contribution in [3.05, 3.63) is 36.5 Å². The number of rotatable bonds is 54. The van der Waals surface area contributed by atoms with E-state index in [2.05, 4.69) is 57.2 Å². The fourth-order valence-corrected chi connectivity index (χ4v) is 9.61. The van der Waals surface area contributed by atoms with Crippen molar-refractivity contribution in [3.8, 4) is 0 Å². The monoisotopic (exact) mass is 1060 g/mol. The SMILES string of the molecule is CCCCCCCC/C=C\CCCCCCCC(=O)OC1[C@@H](COC(=O)CCCN(C)C)O[C@@H](OC(=O)CCCCCCC/C=C\CCCCCCCC)[C@H]1OC(=O)CCCCCCC/C=C\CCCCCCCC. The Morgan fingerprint density at radius 1 is 0.360 bits per heavy atom. The standard InChI is InChI=1S/C65H117NO9/c1-6-9-12-15-18-21-24-27-30-33-36-39-42-45-48-52-60(68)73-63-58(57-71-59(67)55-51-56-66(4)5)72-65(75-62(70)54-50-47-44-41-38-35-32-29-26-23-20-17-14-11-8-3)64(63)74-61(69)53-49-46-43-40-37-34-31-28-25-22-19-16-13-10-7-2/h27-32,58,63-65H,6-26,33-57H2,1-5H3/b30-27-,31-28-,32-29-/t58-,63?,64+,65+/m1/s1. The van der Waals surface area contributed by atoms with Gasteiger partial charge in [0.15, 0.2) is 6.10 Å². The molecule has 1 rings (SSSR count). The van der Waals surface area contributed by atoms with Crippen LogP contribution < -0.4 is 0 Å². The molecule has 0 radical (unpaired) electrons. The van der Waals surface area contributed by atoms with Gasteiger partial charge >= 0.3 is 23.9 Å². The van der Waals surface area contributed by atoms with Crippen molar-refractivity contribution >= 4 is 23.9 Å². The Morgan fingerprint density at radius 2 is 0.653 bits per heavy atom. The molecule has 1 heterocycles. The van der Waals surface area contributed by atoms with Crippen LogP contribution in [0.3, 0.4) is 0 Å². The van der Waals surface area contributed by atoms with E-state index in [4.69, 9.17) is 23.7 Å². The zero-order chi connectivity index (χ0) is 54.5. The van der Waals surface area contributed by atoms with Crippen molar-refractivity contribution in [2.75, 3.05) is 27.2 Å². The molecule has 1 unspecified atom stereocenters.